The van der Waals surface area contributed by atoms with Crippen LogP contribution in [0, 0.1) is 0 Å². The maximum Gasteiger partial charge on any atom is 0.471 e. The van der Waals surface area contributed by atoms with Gasteiger partial charge in [-0.3, -0.25) is 4.79 Å². The maximum atomic E-state index is 12.1. The Morgan fingerprint density at radius 3 is 2.65 bits per heavy atom. The van der Waals surface area contributed by atoms with Gasteiger partial charge in [0.25, 0.3) is 0 Å². The van der Waals surface area contributed by atoms with Crippen molar-refractivity contribution in [1.29, 1.82) is 0 Å². The number of carbonyl (C=O) groups is 2. The van der Waals surface area contributed by atoms with Crippen LogP contribution < -0.4 is 10.1 Å². The van der Waals surface area contributed by atoms with Gasteiger partial charge in [-0.2, -0.15) is 13.2 Å². The Kier molecular flexibility index (Phi) is 3.56. The molecule has 20 heavy (non-hydrogen) atoms. The number of carbonyl (C=O) groups excluding carboxylic acids is 1. The van der Waals surface area contributed by atoms with Gasteiger partial charge >= 0.3 is 18.1 Å². The molecule has 1 unspecified atom stereocenters. The summed E-state index contributed by atoms with van der Waals surface area (Å²) in [7, 11) is 0. The predicted octanol–water partition coefficient (Wildman–Crippen LogP) is 1.37. The minimum Gasteiger partial charge on any atom is -0.490 e. The SMILES string of the molecule is O=C(O)c1cccc2c1OCC(NC(=O)C(F)(F)F)C2. The van der Waals surface area contributed by atoms with Crippen LogP contribution >= 0.6 is 0 Å². The minimum absolute atomic E-state index is 0.0527. The van der Waals surface area contributed by atoms with E-state index < -0.39 is 24.1 Å². The third-order valence-electron chi connectivity index (χ3n) is 2.81. The number of alkyl halides is 3. The van der Waals surface area contributed by atoms with Gasteiger partial charge in [0.15, 0.2) is 0 Å². The first kappa shape index (κ1) is 14.2. The van der Waals surface area contributed by atoms with Crippen LogP contribution in [-0.2, 0) is 11.2 Å². The van der Waals surface area contributed by atoms with E-state index in [9.17, 15) is 22.8 Å². The Bertz CT molecular complexity index is 556. The number of fused-ring (bicyclic) bond motifs is 1. The lowest BCUT2D eigenvalue weighted by atomic mass is 9.99. The molecule has 0 radical (unpaired) electrons. The molecule has 1 aliphatic rings. The van der Waals surface area contributed by atoms with E-state index in [0.29, 0.717) is 5.56 Å². The average molecular weight is 289 g/mol. The van der Waals surface area contributed by atoms with Crippen LogP contribution in [0.15, 0.2) is 18.2 Å². The van der Waals surface area contributed by atoms with Crippen LogP contribution in [0.25, 0.3) is 0 Å². The summed E-state index contributed by atoms with van der Waals surface area (Å²) in [5.41, 5.74) is 0.395. The highest BCUT2D eigenvalue weighted by atomic mass is 19.4. The predicted molar refractivity (Wildman–Crippen MR) is 60.6 cm³/mol. The van der Waals surface area contributed by atoms with E-state index in [0.717, 1.165) is 0 Å². The summed E-state index contributed by atoms with van der Waals surface area (Å²) >= 11 is 0. The number of para-hydroxylation sites is 1. The highest BCUT2D eigenvalue weighted by Gasteiger charge is 2.40. The van der Waals surface area contributed by atoms with E-state index in [2.05, 4.69) is 0 Å². The lowest BCUT2D eigenvalue weighted by Crippen LogP contribution is -2.48. The van der Waals surface area contributed by atoms with E-state index in [1.54, 1.807) is 6.07 Å². The van der Waals surface area contributed by atoms with Gasteiger partial charge < -0.3 is 15.2 Å². The van der Waals surface area contributed by atoms with Crippen molar-refractivity contribution in [2.24, 2.45) is 0 Å². The zero-order valence-corrected chi connectivity index (χ0v) is 10.0. The van der Waals surface area contributed by atoms with Crippen molar-refractivity contribution in [2.45, 2.75) is 18.6 Å². The smallest absolute Gasteiger partial charge is 0.471 e. The number of rotatable bonds is 2. The van der Waals surface area contributed by atoms with Crippen LogP contribution in [0.3, 0.4) is 0 Å². The molecular weight excluding hydrogens is 279 g/mol. The molecule has 0 bridgehead atoms. The van der Waals surface area contributed by atoms with Crippen molar-refractivity contribution in [2.75, 3.05) is 6.61 Å². The second-order valence-electron chi connectivity index (χ2n) is 4.28. The van der Waals surface area contributed by atoms with E-state index >= 15 is 0 Å². The minimum atomic E-state index is -4.96. The molecule has 1 heterocycles. The second-order valence-corrected chi connectivity index (χ2v) is 4.28. The fraction of sp³-hybridized carbons (Fsp3) is 0.333. The summed E-state index contributed by atoms with van der Waals surface area (Å²) in [5, 5.41) is 10.8. The lowest BCUT2D eigenvalue weighted by molar-refractivity contribution is -0.174. The van der Waals surface area contributed by atoms with Gasteiger partial charge in [-0.25, -0.2) is 4.79 Å². The van der Waals surface area contributed by atoms with Crippen LogP contribution in [-0.4, -0.2) is 35.8 Å². The molecule has 1 atom stereocenters. The number of carboxylic acid groups (broad SMARTS) is 1. The monoisotopic (exact) mass is 289 g/mol. The third kappa shape index (κ3) is 2.84. The first-order chi connectivity index (χ1) is 9.29. The van der Waals surface area contributed by atoms with Gasteiger partial charge in [0.1, 0.15) is 17.9 Å². The molecule has 5 nitrogen and oxygen atoms in total. The zero-order valence-electron chi connectivity index (χ0n) is 10.0. The van der Waals surface area contributed by atoms with Gasteiger partial charge in [-0.05, 0) is 18.1 Å². The average Bonchev–Trinajstić information content (AvgIpc) is 2.36. The van der Waals surface area contributed by atoms with E-state index in [4.69, 9.17) is 9.84 Å². The Labute approximate surface area is 111 Å². The van der Waals surface area contributed by atoms with Gasteiger partial charge in [0.2, 0.25) is 0 Å². The number of aromatic carboxylic acids is 1. The number of hydrogen-bond donors (Lipinski definition) is 2. The van der Waals surface area contributed by atoms with Crippen molar-refractivity contribution in [3.8, 4) is 5.75 Å². The summed E-state index contributed by atoms with van der Waals surface area (Å²) < 4.78 is 41.6. The van der Waals surface area contributed by atoms with Crippen LogP contribution in [0.1, 0.15) is 15.9 Å². The van der Waals surface area contributed by atoms with Crippen molar-refractivity contribution >= 4 is 11.9 Å². The van der Waals surface area contributed by atoms with Gasteiger partial charge in [0.05, 0.1) is 6.04 Å². The number of nitrogens with one attached hydrogen (secondary N) is 1. The zero-order chi connectivity index (χ0) is 14.9. The van der Waals surface area contributed by atoms with Crippen molar-refractivity contribution in [3.63, 3.8) is 0 Å². The molecule has 8 heteroatoms. The highest BCUT2D eigenvalue weighted by molar-refractivity contribution is 5.91. The first-order valence-electron chi connectivity index (χ1n) is 5.64. The summed E-state index contributed by atoms with van der Waals surface area (Å²) in [6.45, 7) is -0.209. The Hall–Kier alpha value is -2.25. The fourth-order valence-electron chi connectivity index (χ4n) is 1.95. The van der Waals surface area contributed by atoms with Gasteiger partial charge in [-0.15, -0.1) is 0 Å². The van der Waals surface area contributed by atoms with Crippen molar-refractivity contribution < 1.29 is 32.6 Å². The fourth-order valence-corrected chi connectivity index (χ4v) is 1.95. The summed E-state index contributed by atoms with van der Waals surface area (Å²) in [4.78, 5) is 21.8. The standard InChI is InChI=1S/C12H10F3NO4/c13-12(14,15)11(19)16-7-4-6-2-1-3-8(10(17)18)9(6)20-5-7/h1-3,7H,4-5H2,(H,16,19)(H,17,18). The second kappa shape index (κ2) is 5.03. The highest BCUT2D eigenvalue weighted by Crippen LogP contribution is 2.29. The number of ether oxygens (including phenoxy) is 1. The molecule has 1 amide bonds. The number of hydrogen-bond acceptors (Lipinski definition) is 3. The van der Waals surface area contributed by atoms with E-state index in [1.165, 1.54) is 12.1 Å². The largest absolute Gasteiger partial charge is 0.490 e. The summed E-state index contributed by atoms with van der Waals surface area (Å²) in [6.07, 6.45) is -4.87. The molecule has 0 aliphatic carbocycles. The van der Waals surface area contributed by atoms with Crippen LogP contribution in [0.2, 0.25) is 0 Å². The van der Waals surface area contributed by atoms with Crippen molar-refractivity contribution in [3.05, 3.63) is 29.3 Å². The molecule has 108 valence electrons. The summed E-state index contributed by atoms with van der Waals surface area (Å²) in [6, 6.07) is 3.52. The molecule has 2 N–H and O–H groups in total. The molecule has 1 aromatic carbocycles. The molecule has 1 aromatic rings. The molecule has 1 aliphatic heterocycles. The molecule has 0 fully saturated rings. The van der Waals surface area contributed by atoms with Gasteiger partial charge in [0, 0.05) is 0 Å². The quantitative estimate of drug-likeness (QED) is 0.862. The number of benzene rings is 1. The van der Waals surface area contributed by atoms with Crippen LogP contribution in [0.4, 0.5) is 13.2 Å². The molecular formula is C12H10F3NO4. The van der Waals surface area contributed by atoms with E-state index in [1.807, 2.05) is 5.32 Å². The van der Waals surface area contributed by atoms with Crippen molar-refractivity contribution in [1.82, 2.24) is 5.32 Å². The number of halogens is 3. The summed E-state index contributed by atoms with van der Waals surface area (Å²) in [5.74, 6) is -3.08. The Balaban J connectivity index is 2.14. The lowest BCUT2D eigenvalue weighted by Gasteiger charge is -2.27. The van der Waals surface area contributed by atoms with Gasteiger partial charge in [-0.1, -0.05) is 12.1 Å². The molecule has 2 rings (SSSR count). The van der Waals surface area contributed by atoms with Crippen LogP contribution in [0.5, 0.6) is 5.75 Å². The molecule has 0 spiro atoms. The normalized spacial score (nSPS) is 17.9. The number of carboxylic acids is 1. The number of amides is 1. The molecule has 0 saturated heterocycles. The maximum absolute atomic E-state index is 12.1. The van der Waals surface area contributed by atoms with E-state index in [-0.39, 0.29) is 24.3 Å². The first-order valence-corrected chi connectivity index (χ1v) is 5.64. The topological polar surface area (TPSA) is 75.6 Å². The third-order valence-corrected chi connectivity index (χ3v) is 2.81. The molecule has 0 saturated carbocycles. The molecule has 0 aromatic heterocycles. The Morgan fingerprint density at radius 1 is 1.35 bits per heavy atom. The Morgan fingerprint density at radius 2 is 2.05 bits per heavy atom.